The second kappa shape index (κ2) is 9.37. The summed E-state index contributed by atoms with van der Waals surface area (Å²) in [5, 5.41) is 14.3. The quantitative estimate of drug-likeness (QED) is 0.563. The first kappa shape index (κ1) is 19.4. The van der Waals surface area contributed by atoms with Crippen LogP contribution in [0.3, 0.4) is 0 Å². The van der Waals surface area contributed by atoms with Crippen LogP contribution in [0.5, 0.6) is 0 Å². The molecule has 0 aliphatic rings. The molecule has 21 heavy (non-hydrogen) atoms. The highest BCUT2D eigenvalue weighted by Crippen LogP contribution is 2.12. The summed E-state index contributed by atoms with van der Waals surface area (Å²) in [5.41, 5.74) is -0.414. The van der Waals surface area contributed by atoms with E-state index in [0.29, 0.717) is 38.8 Å². The highest BCUT2D eigenvalue weighted by Gasteiger charge is 2.20. The lowest BCUT2D eigenvalue weighted by molar-refractivity contribution is -0.141. The average Bonchev–Trinajstić information content (AvgIpc) is 2.37. The molecule has 0 bridgehead atoms. The van der Waals surface area contributed by atoms with Crippen LogP contribution in [-0.2, 0) is 14.4 Å². The lowest BCUT2D eigenvalue weighted by Crippen LogP contribution is -2.35. The second-order valence-electron chi connectivity index (χ2n) is 6.34. The smallest absolute Gasteiger partial charge is 0.306 e. The maximum absolute atomic E-state index is 11.6. The predicted octanol–water partition coefficient (Wildman–Crippen LogP) is 1.55. The zero-order valence-electron chi connectivity index (χ0n) is 13.5. The Morgan fingerprint density at radius 2 is 1.62 bits per heavy atom. The predicted molar refractivity (Wildman–Crippen MR) is 80.7 cm³/mol. The Kier molecular flexibility index (Phi) is 8.66. The van der Waals surface area contributed by atoms with Crippen molar-refractivity contribution in [3.8, 4) is 0 Å². The van der Waals surface area contributed by atoms with Gasteiger partial charge in [-0.3, -0.25) is 14.4 Å². The summed E-state index contributed by atoms with van der Waals surface area (Å²) in [6, 6.07) is 0. The van der Waals surface area contributed by atoms with Gasteiger partial charge in [0.1, 0.15) is 0 Å². The normalized spacial score (nSPS) is 12.6. The summed E-state index contributed by atoms with van der Waals surface area (Å²) in [4.78, 5) is 33.7. The average molecular weight is 300 g/mol. The molecule has 0 heterocycles. The van der Waals surface area contributed by atoms with Crippen molar-refractivity contribution >= 4 is 17.8 Å². The van der Waals surface area contributed by atoms with E-state index in [2.05, 4.69) is 10.6 Å². The van der Waals surface area contributed by atoms with Crippen molar-refractivity contribution in [1.29, 1.82) is 0 Å². The van der Waals surface area contributed by atoms with Gasteiger partial charge in [-0.25, -0.2) is 0 Å². The number of rotatable bonds is 9. The number of carbonyl (C=O) groups is 3. The SMILES string of the molecule is CC(CCCNC(=O)CCCNC(=O)C(C)(C)C)C(=O)O. The maximum Gasteiger partial charge on any atom is 0.306 e. The molecule has 2 amide bonds. The summed E-state index contributed by atoms with van der Waals surface area (Å²) < 4.78 is 0. The van der Waals surface area contributed by atoms with Crippen LogP contribution in [0.25, 0.3) is 0 Å². The molecule has 0 saturated heterocycles. The van der Waals surface area contributed by atoms with Crippen LogP contribution in [0.4, 0.5) is 0 Å². The topological polar surface area (TPSA) is 95.5 Å². The van der Waals surface area contributed by atoms with Crippen LogP contribution in [-0.4, -0.2) is 36.0 Å². The summed E-state index contributed by atoms with van der Waals surface area (Å²) in [6.07, 6.45) is 2.16. The Morgan fingerprint density at radius 3 is 2.14 bits per heavy atom. The molecule has 0 spiro atoms. The van der Waals surface area contributed by atoms with E-state index in [1.54, 1.807) is 6.92 Å². The lowest BCUT2D eigenvalue weighted by Gasteiger charge is -2.17. The van der Waals surface area contributed by atoms with Gasteiger partial charge in [0.25, 0.3) is 0 Å². The Hall–Kier alpha value is -1.59. The van der Waals surface area contributed by atoms with Crippen molar-refractivity contribution in [3.63, 3.8) is 0 Å². The molecule has 0 saturated carbocycles. The number of hydrogen-bond acceptors (Lipinski definition) is 3. The van der Waals surface area contributed by atoms with Gasteiger partial charge < -0.3 is 15.7 Å². The zero-order valence-corrected chi connectivity index (χ0v) is 13.5. The van der Waals surface area contributed by atoms with Gasteiger partial charge in [0.05, 0.1) is 5.92 Å². The van der Waals surface area contributed by atoms with E-state index in [0.717, 1.165) is 0 Å². The minimum atomic E-state index is -0.809. The Labute approximate surface area is 126 Å². The monoisotopic (exact) mass is 300 g/mol. The zero-order chi connectivity index (χ0) is 16.5. The van der Waals surface area contributed by atoms with Gasteiger partial charge in [0, 0.05) is 24.9 Å². The van der Waals surface area contributed by atoms with Crippen LogP contribution in [0.1, 0.15) is 53.4 Å². The second-order valence-corrected chi connectivity index (χ2v) is 6.34. The Bertz CT molecular complexity index is 361. The van der Waals surface area contributed by atoms with Crippen LogP contribution in [0, 0.1) is 11.3 Å². The number of nitrogens with one attached hydrogen (secondary N) is 2. The van der Waals surface area contributed by atoms with E-state index in [-0.39, 0.29) is 17.7 Å². The van der Waals surface area contributed by atoms with E-state index in [1.165, 1.54) is 0 Å². The molecule has 1 atom stereocenters. The molecule has 6 nitrogen and oxygen atoms in total. The van der Waals surface area contributed by atoms with Crippen molar-refractivity contribution in [3.05, 3.63) is 0 Å². The lowest BCUT2D eigenvalue weighted by atomic mass is 9.96. The summed E-state index contributed by atoms with van der Waals surface area (Å²) >= 11 is 0. The van der Waals surface area contributed by atoms with Gasteiger partial charge in [-0.15, -0.1) is 0 Å². The number of amides is 2. The number of carbonyl (C=O) groups excluding carboxylic acids is 2. The largest absolute Gasteiger partial charge is 0.481 e. The third kappa shape index (κ3) is 9.87. The van der Waals surface area contributed by atoms with Crippen LogP contribution in [0.15, 0.2) is 0 Å². The first-order chi connectivity index (χ1) is 9.64. The van der Waals surface area contributed by atoms with Crippen LogP contribution in [0.2, 0.25) is 0 Å². The van der Waals surface area contributed by atoms with Crippen LogP contribution < -0.4 is 10.6 Å². The van der Waals surface area contributed by atoms with Crippen LogP contribution >= 0.6 is 0 Å². The van der Waals surface area contributed by atoms with E-state index in [1.807, 2.05) is 20.8 Å². The summed E-state index contributed by atoms with van der Waals surface area (Å²) in [5.74, 6) is -1.28. The molecule has 6 heteroatoms. The van der Waals surface area contributed by atoms with Gasteiger partial charge >= 0.3 is 5.97 Å². The Balaban J connectivity index is 3.60. The fraction of sp³-hybridized carbons (Fsp3) is 0.800. The fourth-order valence-corrected chi connectivity index (χ4v) is 1.56. The van der Waals surface area contributed by atoms with E-state index < -0.39 is 11.4 Å². The highest BCUT2D eigenvalue weighted by molar-refractivity contribution is 5.81. The van der Waals surface area contributed by atoms with Crippen molar-refractivity contribution in [2.75, 3.05) is 13.1 Å². The molecule has 0 aromatic rings. The molecule has 0 aromatic carbocycles. The van der Waals surface area contributed by atoms with Crippen molar-refractivity contribution in [2.45, 2.75) is 53.4 Å². The van der Waals surface area contributed by atoms with Gasteiger partial charge in [-0.2, -0.15) is 0 Å². The number of carboxylic acid groups (broad SMARTS) is 1. The van der Waals surface area contributed by atoms with Gasteiger partial charge in [-0.1, -0.05) is 27.7 Å². The molecule has 122 valence electrons. The standard InChI is InChI=1S/C15H28N2O4/c1-11(13(19)20)7-5-9-16-12(18)8-6-10-17-14(21)15(2,3)4/h11H,5-10H2,1-4H3,(H,16,18)(H,17,21)(H,19,20). The van der Waals surface area contributed by atoms with Crippen molar-refractivity contribution in [2.24, 2.45) is 11.3 Å². The molecule has 0 aromatic heterocycles. The molecule has 0 rings (SSSR count). The maximum atomic E-state index is 11.6. The molecule has 0 radical (unpaired) electrons. The summed E-state index contributed by atoms with van der Waals surface area (Å²) in [7, 11) is 0. The first-order valence-corrected chi connectivity index (χ1v) is 7.42. The third-order valence-electron chi connectivity index (χ3n) is 3.11. The minimum Gasteiger partial charge on any atom is -0.481 e. The highest BCUT2D eigenvalue weighted by atomic mass is 16.4. The van der Waals surface area contributed by atoms with Crippen molar-refractivity contribution in [1.82, 2.24) is 10.6 Å². The first-order valence-electron chi connectivity index (χ1n) is 7.42. The third-order valence-corrected chi connectivity index (χ3v) is 3.11. The number of carboxylic acids is 1. The van der Waals surface area contributed by atoms with E-state index >= 15 is 0 Å². The minimum absolute atomic E-state index is 0.0226. The molecule has 0 aliphatic carbocycles. The van der Waals surface area contributed by atoms with E-state index in [4.69, 9.17) is 5.11 Å². The molecule has 0 aliphatic heterocycles. The summed E-state index contributed by atoms with van der Waals surface area (Å²) in [6.45, 7) is 8.15. The molecule has 3 N–H and O–H groups in total. The van der Waals surface area contributed by atoms with Gasteiger partial charge in [0.15, 0.2) is 0 Å². The molecular weight excluding hydrogens is 272 g/mol. The van der Waals surface area contributed by atoms with Gasteiger partial charge in [0.2, 0.25) is 11.8 Å². The Morgan fingerprint density at radius 1 is 1.05 bits per heavy atom. The fourth-order valence-electron chi connectivity index (χ4n) is 1.56. The number of hydrogen-bond donors (Lipinski definition) is 3. The number of aliphatic carboxylic acids is 1. The van der Waals surface area contributed by atoms with E-state index in [9.17, 15) is 14.4 Å². The van der Waals surface area contributed by atoms with Gasteiger partial charge in [-0.05, 0) is 19.3 Å². The van der Waals surface area contributed by atoms with Crippen molar-refractivity contribution < 1.29 is 19.5 Å². The molecular formula is C15H28N2O4. The molecule has 0 fully saturated rings. The molecule has 1 unspecified atom stereocenters.